The molecule has 30 heavy (non-hydrogen) atoms. The van der Waals surface area contributed by atoms with Crippen molar-refractivity contribution in [2.45, 2.75) is 65.3 Å². The first-order valence-electron chi connectivity index (χ1n) is 11.1. The molecule has 1 saturated heterocycles. The SMILES string of the molecule is CCCCCC1CCC(OCc2ccc(-c3ccc(OCC)c(F)c3F)cc2)OC1. The standard InChI is InChI=1S/C25H32F2O3/c1-3-5-6-7-18-10-15-23(29-16-18)30-17-19-8-11-20(12-9-19)21-13-14-22(28-4-2)25(27)24(21)26/h8-9,11-14,18,23H,3-7,10,15-17H2,1-2H3. The second-order valence-corrected chi connectivity index (χ2v) is 7.88. The molecular formula is C25H32F2O3. The predicted octanol–water partition coefficient (Wildman–Crippen LogP) is 6.88. The maximum atomic E-state index is 14.4. The molecule has 0 aromatic heterocycles. The molecule has 1 heterocycles. The molecule has 2 aromatic carbocycles. The summed E-state index contributed by atoms with van der Waals surface area (Å²) in [5.74, 6) is -1.26. The van der Waals surface area contributed by atoms with Gasteiger partial charge in [0.2, 0.25) is 5.82 Å². The second kappa shape index (κ2) is 11.4. The van der Waals surface area contributed by atoms with Crippen molar-refractivity contribution in [2.75, 3.05) is 13.2 Å². The number of rotatable bonds is 10. The van der Waals surface area contributed by atoms with Gasteiger partial charge in [-0.05, 0) is 55.4 Å². The molecule has 164 valence electrons. The van der Waals surface area contributed by atoms with E-state index in [1.807, 2.05) is 12.1 Å². The highest BCUT2D eigenvalue weighted by Crippen LogP contribution is 2.30. The van der Waals surface area contributed by atoms with Gasteiger partial charge in [-0.25, -0.2) is 4.39 Å². The van der Waals surface area contributed by atoms with E-state index in [1.54, 1.807) is 25.1 Å². The number of ether oxygens (including phenoxy) is 3. The second-order valence-electron chi connectivity index (χ2n) is 7.88. The maximum Gasteiger partial charge on any atom is 0.201 e. The number of hydrogen-bond donors (Lipinski definition) is 0. The zero-order valence-corrected chi connectivity index (χ0v) is 18.0. The van der Waals surface area contributed by atoms with E-state index in [0.29, 0.717) is 18.1 Å². The minimum Gasteiger partial charge on any atom is -0.491 e. The van der Waals surface area contributed by atoms with Crippen molar-refractivity contribution in [1.82, 2.24) is 0 Å². The van der Waals surface area contributed by atoms with Crippen molar-refractivity contribution in [2.24, 2.45) is 5.92 Å². The van der Waals surface area contributed by atoms with E-state index < -0.39 is 11.6 Å². The van der Waals surface area contributed by atoms with Crippen molar-refractivity contribution in [3.8, 4) is 16.9 Å². The molecule has 0 aliphatic carbocycles. The van der Waals surface area contributed by atoms with E-state index >= 15 is 0 Å². The van der Waals surface area contributed by atoms with Crippen molar-refractivity contribution >= 4 is 0 Å². The van der Waals surface area contributed by atoms with Gasteiger partial charge in [-0.3, -0.25) is 0 Å². The lowest BCUT2D eigenvalue weighted by Crippen LogP contribution is -2.28. The fourth-order valence-electron chi connectivity index (χ4n) is 3.82. The Hall–Kier alpha value is -1.98. The molecule has 2 unspecified atom stereocenters. The van der Waals surface area contributed by atoms with Gasteiger partial charge in [0.15, 0.2) is 17.9 Å². The van der Waals surface area contributed by atoms with E-state index in [-0.39, 0.29) is 24.2 Å². The zero-order chi connectivity index (χ0) is 21.3. The molecule has 5 heteroatoms. The van der Waals surface area contributed by atoms with Crippen LogP contribution in [0.2, 0.25) is 0 Å². The van der Waals surface area contributed by atoms with E-state index in [2.05, 4.69) is 6.92 Å². The van der Waals surface area contributed by atoms with Gasteiger partial charge >= 0.3 is 0 Å². The van der Waals surface area contributed by atoms with Crippen LogP contribution < -0.4 is 4.74 Å². The van der Waals surface area contributed by atoms with Crippen LogP contribution in [0.4, 0.5) is 8.78 Å². The number of hydrogen-bond acceptors (Lipinski definition) is 3. The summed E-state index contributed by atoms with van der Waals surface area (Å²) in [7, 11) is 0. The van der Waals surface area contributed by atoms with E-state index in [9.17, 15) is 8.78 Å². The van der Waals surface area contributed by atoms with Crippen LogP contribution in [0.3, 0.4) is 0 Å². The highest BCUT2D eigenvalue weighted by molar-refractivity contribution is 5.65. The molecule has 2 aromatic rings. The highest BCUT2D eigenvalue weighted by atomic mass is 19.2. The lowest BCUT2D eigenvalue weighted by molar-refractivity contribution is -0.182. The van der Waals surface area contributed by atoms with Crippen LogP contribution in [0.15, 0.2) is 36.4 Å². The molecule has 1 fully saturated rings. The largest absolute Gasteiger partial charge is 0.491 e. The first-order valence-corrected chi connectivity index (χ1v) is 11.1. The average Bonchev–Trinajstić information content (AvgIpc) is 2.77. The van der Waals surface area contributed by atoms with Crippen LogP contribution in [-0.4, -0.2) is 19.5 Å². The third-order valence-corrected chi connectivity index (χ3v) is 5.59. The number of unbranched alkanes of at least 4 members (excludes halogenated alkanes) is 2. The Kier molecular flexibility index (Phi) is 8.64. The lowest BCUT2D eigenvalue weighted by atomic mass is 9.95. The summed E-state index contributed by atoms with van der Waals surface area (Å²) in [5.41, 5.74) is 1.80. The molecule has 0 spiro atoms. The Morgan fingerprint density at radius 1 is 0.967 bits per heavy atom. The normalized spacial score (nSPS) is 19.1. The summed E-state index contributed by atoms with van der Waals surface area (Å²) in [6, 6.07) is 10.3. The van der Waals surface area contributed by atoms with Crippen LogP contribution in [0, 0.1) is 17.6 Å². The molecule has 0 saturated carbocycles. The van der Waals surface area contributed by atoms with Crippen molar-refractivity contribution in [3.05, 3.63) is 53.6 Å². The van der Waals surface area contributed by atoms with Gasteiger partial charge in [0, 0.05) is 5.56 Å². The van der Waals surface area contributed by atoms with Crippen LogP contribution in [0.1, 0.15) is 57.9 Å². The lowest BCUT2D eigenvalue weighted by Gasteiger charge is -2.29. The van der Waals surface area contributed by atoms with Gasteiger partial charge in [0.1, 0.15) is 0 Å². The maximum absolute atomic E-state index is 14.4. The zero-order valence-electron chi connectivity index (χ0n) is 18.0. The Labute approximate surface area is 178 Å². The van der Waals surface area contributed by atoms with Crippen LogP contribution in [0.25, 0.3) is 11.1 Å². The van der Waals surface area contributed by atoms with E-state index in [4.69, 9.17) is 14.2 Å². The van der Waals surface area contributed by atoms with Gasteiger partial charge in [0.05, 0.1) is 19.8 Å². The molecule has 1 aliphatic heterocycles. The van der Waals surface area contributed by atoms with Gasteiger partial charge in [-0.15, -0.1) is 0 Å². The number of benzene rings is 2. The van der Waals surface area contributed by atoms with Gasteiger partial charge < -0.3 is 14.2 Å². The fourth-order valence-corrected chi connectivity index (χ4v) is 3.82. The van der Waals surface area contributed by atoms with Crippen LogP contribution in [0.5, 0.6) is 5.75 Å². The summed E-state index contributed by atoms with van der Waals surface area (Å²) < 4.78 is 45.4. The average molecular weight is 419 g/mol. The molecule has 0 bridgehead atoms. The third-order valence-electron chi connectivity index (χ3n) is 5.59. The minimum atomic E-state index is -0.954. The summed E-state index contributed by atoms with van der Waals surface area (Å²) in [4.78, 5) is 0. The summed E-state index contributed by atoms with van der Waals surface area (Å²) in [5, 5.41) is 0. The minimum absolute atomic E-state index is 0.0659. The molecule has 3 rings (SSSR count). The Morgan fingerprint density at radius 3 is 2.43 bits per heavy atom. The molecule has 0 amide bonds. The van der Waals surface area contributed by atoms with Crippen molar-refractivity contribution < 1.29 is 23.0 Å². The molecular weight excluding hydrogens is 386 g/mol. The van der Waals surface area contributed by atoms with Crippen LogP contribution in [-0.2, 0) is 16.1 Å². The summed E-state index contributed by atoms with van der Waals surface area (Å²) in [6.45, 7) is 5.45. The smallest absolute Gasteiger partial charge is 0.201 e. The van der Waals surface area contributed by atoms with Gasteiger partial charge in [-0.2, -0.15) is 4.39 Å². The quantitative estimate of drug-likeness (QED) is 0.394. The first kappa shape index (κ1) is 22.7. The van der Waals surface area contributed by atoms with Crippen LogP contribution >= 0.6 is 0 Å². The summed E-state index contributed by atoms with van der Waals surface area (Å²) >= 11 is 0. The number of halogens is 2. The molecule has 0 N–H and O–H groups in total. The van der Waals surface area contributed by atoms with E-state index in [0.717, 1.165) is 25.0 Å². The topological polar surface area (TPSA) is 27.7 Å². The fraction of sp³-hybridized carbons (Fsp3) is 0.520. The van der Waals surface area contributed by atoms with Crippen molar-refractivity contribution in [1.29, 1.82) is 0 Å². The summed E-state index contributed by atoms with van der Waals surface area (Å²) in [6.07, 6.45) is 6.97. The Bertz CT molecular complexity index is 784. The first-order chi connectivity index (χ1) is 14.6. The van der Waals surface area contributed by atoms with Gasteiger partial charge in [0.25, 0.3) is 0 Å². The predicted molar refractivity (Wildman–Crippen MR) is 114 cm³/mol. The highest BCUT2D eigenvalue weighted by Gasteiger charge is 2.22. The van der Waals surface area contributed by atoms with Gasteiger partial charge in [-0.1, -0.05) is 50.5 Å². The Balaban J connectivity index is 1.50. The monoisotopic (exact) mass is 418 g/mol. The van der Waals surface area contributed by atoms with Crippen molar-refractivity contribution in [3.63, 3.8) is 0 Å². The molecule has 1 aliphatic rings. The molecule has 0 radical (unpaired) electrons. The molecule has 3 nitrogen and oxygen atoms in total. The van der Waals surface area contributed by atoms with E-state index in [1.165, 1.54) is 31.7 Å². The third kappa shape index (κ3) is 6.02. The molecule has 2 atom stereocenters. The Morgan fingerprint density at radius 2 is 1.77 bits per heavy atom.